The first kappa shape index (κ1) is 14.8. The van der Waals surface area contributed by atoms with E-state index in [1.165, 1.54) is 13.0 Å². The second-order valence-corrected chi connectivity index (χ2v) is 4.98. The molecule has 2 N–H and O–H groups in total. The van der Waals surface area contributed by atoms with E-state index in [4.69, 9.17) is 5.11 Å². The zero-order valence-electron chi connectivity index (χ0n) is 11.6. The van der Waals surface area contributed by atoms with Gasteiger partial charge in [0.1, 0.15) is 6.04 Å². The number of carboxylic acids is 1. The highest BCUT2D eigenvalue weighted by atomic mass is 16.6. The van der Waals surface area contributed by atoms with Crippen molar-refractivity contribution in [2.75, 3.05) is 18.9 Å². The number of hydrogen-bond acceptors (Lipinski definition) is 5. The lowest BCUT2D eigenvalue weighted by Gasteiger charge is -2.16. The van der Waals surface area contributed by atoms with Gasteiger partial charge in [-0.1, -0.05) is 0 Å². The number of likely N-dealkylation sites (N-methyl/N-ethyl adjacent to an activating group) is 1. The minimum atomic E-state index is -1.25. The maximum absolute atomic E-state index is 11.9. The topological polar surface area (TPSA) is 113 Å². The highest BCUT2D eigenvalue weighted by Crippen LogP contribution is 2.29. The van der Waals surface area contributed by atoms with Gasteiger partial charge in [0.25, 0.3) is 5.69 Å². The van der Waals surface area contributed by atoms with E-state index in [1.807, 2.05) is 0 Å². The SMILES string of the molecule is Cc1c(NC2CCN(C)C2=O)cc(C(=O)O)cc1[N+](=O)[O-]. The average Bonchev–Trinajstić information content (AvgIpc) is 2.72. The standard InChI is InChI=1S/C13H15N3O5/c1-7-10(14-9-3-4-15(2)12(9)17)5-8(13(18)19)6-11(7)16(20)21/h5-6,9,14H,3-4H2,1-2H3,(H,18,19). The van der Waals surface area contributed by atoms with E-state index >= 15 is 0 Å². The molecule has 0 bridgehead atoms. The summed E-state index contributed by atoms with van der Waals surface area (Å²) in [4.78, 5) is 34.9. The Morgan fingerprint density at radius 1 is 1.52 bits per heavy atom. The Balaban J connectivity index is 2.40. The number of hydrogen-bond donors (Lipinski definition) is 2. The van der Waals surface area contributed by atoms with Crippen LogP contribution < -0.4 is 5.32 Å². The maximum atomic E-state index is 11.9. The second kappa shape index (κ2) is 5.39. The number of nitro groups is 1. The third kappa shape index (κ3) is 2.78. The largest absolute Gasteiger partial charge is 0.478 e. The predicted octanol–water partition coefficient (Wildman–Crippen LogP) is 1.24. The summed E-state index contributed by atoms with van der Waals surface area (Å²) in [5.74, 6) is -1.37. The minimum Gasteiger partial charge on any atom is -0.478 e. The van der Waals surface area contributed by atoms with Crippen molar-refractivity contribution in [1.29, 1.82) is 0 Å². The van der Waals surface area contributed by atoms with Crippen LogP contribution in [0.1, 0.15) is 22.3 Å². The van der Waals surface area contributed by atoms with Crippen molar-refractivity contribution in [1.82, 2.24) is 4.90 Å². The number of benzene rings is 1. The van der Waals surface area contributed by atoms with Crippen molar-refractivity contribution >= 4 is 23.3 Å². The monoisotopic (exact) mass is 293 g/mol. The van der Waals surface area contributed by atoms with Crippen LogP contribution in [0.2, 0.25) is 0 Å². The van der Waals surface area contributed by atoms with Gasteiger partial charge in [0, 0.05) is 30.9 Å². The number of rotatable bonds is 4. The minimum absolute atomic E-state index is 0.113. The van der Waals surface area contributed by atoms with Crippen molar-refractivity contribution in [3.05, 3.63) is 33.4 Å². The summed E-state index contributed by atoms with van der Waals surface area (Å²) in [6, 6.07) is 1.85. The molecule has 0 aromatic heterocycles. The Hall–Kier alpha value is -2.64. The Morgan fingerprint density at radius 3 is 2.67 bits per heavy atom. The van der Waals surface area contributed by atoms with Crippen molar-refractivity contribution in [3.63, 3.8) is 0 Å². The van der Waals surface area contributed by atoms with Crippen LogP contribution in [-0.2, 0) is 4.79 Å². The van der Waals surface area contributed by atoms with Crippen LogP contribution in [0.3, 0.4) is 0 Å². The lowest BCUT2D eigenvalue weighted by molar-refractivity contribution is -0.385. The molecule has 1 aromatic carbocycles. The summed E-state index contributed by atoms with van der Waals surface area (Å²) in [6.45, 7) is 2.12. The third-order valence-electron chi connectivity index (χ3n) is 3.58. The van der Waals surface area contributed by atoms with E-state index in [2.05, 4.69) is 5.32 Å². The molecule has 1 amide bonds. The summed E-state index contributed by atoms with van der Waals surface area (Å²) >= 11 is 0. The molecule has 1 unspecified atom stereocenters. The Labute approximate surface area is 120 Å². The van der Waals surface area contributed by atoms with Gasteiger partial charge in [-0.3, -0.25) is 14.9 Å². The lowest BCUT2D eigenvalue weighted by atomic mass is 10.1. The first-order valence-electron chi connectivity index (χ1n) is 6.35. The molecular weight excluding hydrogens is 278 g/mol. The summed E-state index contributed by atoms with van der Waals surface area (Å²) in [7, 11) is 1.67. The first-order valence-corrected chi connectivity index (χ1v) is 6.35. The molecule has 1 aliphatic heterocycles. The fraction of sp³-hybridized carbons (Fsp3) is 0.385. The third-order valence-corrected chi connectivity index (χ3v) is 3.58. The van der Waals surface area contributed by atoms with Crippen LogP contribution in [0.4, 0.5) is 11.4 Å². The van der Waals surface area contributed by atoms with E-state index in [-0.39, 0.29) is 17.2 Å². The summed E-state index contributed by atoms with van der Waals surface area (Å²) in [5, 5.41) is 23.0. The molecule has 1 aliphatic rings. The molecule has 0 saturated carbocycles. The molecular formula is C13H15N3O5. The molecule has 1 fully saturated rings. The molecule has 0 aliphatic carbocycles. The first-order chi connectivity index (χ1) is 9.81. The van der Waals surface area contributed by atoms with Crippen molar-refractivity contribution in [3.8, 4) is 0 Å². The van der Waals surface area contributed by atoms with Crippen LogP contribution in [0.25, 0.3) is 0 Å². The second-order valence-electron chi connectivity index (χ2n) is 4.98. The number of likely N-dealkylation sites (tertiary alicyclic amines) is 1. The summed E-state index contributed by atoms with van der Waals surface area (Å²) in [5.41, 5.74) is 0.146. The van der Waals surface area contributed by atoms with Gasteiger partial charge in [0.15, 0.2) is 0 Å². The molecule has 21 heavy (non-hydrogen) atoms. The van der Waals surface area contributed by atoms with Gasteiger partial charge < -0.3 is 15.3 Å². The van der Waals surface area contributed by atoms with Gasteiger partial charge in [-0.2, -0.15) is 0 Å². The number of anilines is 1. The number of nitrogens with zero attached hydrogens (tertiary/aromatic N) is 2. The molecule has 1 aromatic rings. The van der Waals surface area contributed by atoms with E-state index in [1.54, 1.807) is 11.9 Å². The number of amides is 1. The lowest BCUT2D eigenvalue weighted by Crippen LogP contribution is -2.31. The van der Waals surface area contributed by atoms with Crippen LogP contribution >= 0.6 is 0 Å². The number of nitrogens with one attached hydrogen (secondary N) is 1. The smallest absolute Gasteiger partial charge is 0.336 e. The number of nitro benzene ring substituents is 1. The zero-order valence-corrected chi connectivity index (χ0v) is 11.6. The Bertz CT molecular complexity index is 628. The molecule has 8 heteroatoms. The van der Waals surface area contributed by atoms with Crippen LogP contribution in [0.15, 0.2) is 12.1 Å². The van der Waals surface area contributed by atoms with Gasteiger partial charge >= 0.3 is 5.97 Å². The Morgan fingerprint density at radius 2 is 2.19 bits per heavy atom. The fourth-order valence-electron chi connectivity index (χ4n) is 2.31. The van der Waals surface area contributed by atoms with E-state index in [9.17, 15) is 19.7 Å². The van der Waals surface area contributed by atoms with Gasteiger partial charge in [0.05, 0.1) is 10.5 Å². The molecule has 8 nitrogen and oxygen atoms in total. The van der Waals surface area contributed by atoms with Gasteiger partial charge in [-0.15, -0.1) is 0 Å². The van der Waals surface area contributed by atoms with Gasteiger partial charge in [-0.05, 0) is 19.4 Å². The molecule has 1 atom stereocenters. The van der Waals surface area contributed by atoms with Gasteiger partial charge in [0.2, 0.25) is 5.91 Å². The molecule has 2 rings (SSSR count). The average molecular weight is 293 g/mol. The molecule has 1 saturated heterocycles. The summed E-state index contributed by atoms with van der Waals surface area (Å²) in [6.07, 6.45) is 0.569. The molecule has 1 heterocycles. The van der Waals surface area contributed by atoms with Crippen molar-refractivity contribution < 1.29 is 19.6 Å². The van der Waals surface area contributed by atoms with Crippen LogP contribution in [0, 0.1) is 17.0 Å². The normalized spacial score (nSPS) is 17.9. The van der Waals surface area contributed by atoms with Crippen molar-refractivity contribution in [2.24, 2.45) is 0 Å². The highest BCUT2D eigenvalue weighted by molar-refractivity contribution is 5.92. The highest BCUT2D eigenvalue weighted by Gasteiger charge is 2.30. The molecule has 0 radical (unpaired) electrons. The van der Waals surface area contributed by atoms with Crippen molar-refractivity contribution in [2.45, 2.75) is 19.4 Å². The summed E-state index contributed by atoms with van der Waals surface area (Å²) < 4.78 is 0. The zero-order chi connectivity index (χ0) is 15.7. The maximum Gasteiger partial charge on any atom is 0.336 e. The Kier molecular flexibility index (Phi) is 3.79. The van der Waals surface area contributed by atoms with E-state index in [0.29, 0.717) is 24.2 Å². The van der Waals surface area contributed by atoms with Crippen LogP contribution in [-0.4, -0.2) is 46.4 Å². The molecule has 112 valence electrons. The number of carboxylic acid groups (broad SMARTS) is 1. The number of carbonyl (C=O) groups is 2. The number of carbonyl (C=O) groups excluding carboxylic acids is 1. The molecule has 0 spiro atoms. The van der Waals surface area contributed by atoms with Gasteiger partial charge in [-0.25, -0.2) is 4.79 Å². The number of aromatic carboxylic acids is 1. The van der Waals surface area contributed by atoms with Crippen LogP contribution in [0.5, 0.6) is 0 Å². The van der Waals surface area contributed by atoms with E-state index < -0.39 is 16.9 Å². The van der Waals surface area contributed by atoms with E-state index in [0.717, 1.165) is 6.07 Å². The quantitative estimate of drug-likeness (QED) is 0.638. The predicted molar refractivity (Wildman–Crippen MR) is 74.5 cm³/mol. The fourth-order valence-corrected chi connectivity index (χ4v) is 2.31.